The van der Waals surface area contributed by atoms with Gasteiger partial charge in [0.2, 0.25) is 5.91 Å². The maximum absolute atomic E-state index is 12.8. The smallest absolute Gasteiger partial charge is 0.387 e. The molecule has 0 saturated carbocycles. The maximum atomic E-state index is 12.8. The van der Waals surface area contributed by atoms with Crippen molar-refractivity contribution >= 4 is 28.6 Å². The summed E-state index contributed by atoms with van der Waals surface area (Å²) in [4.78, 5) is 29.8. The van der Waals surface area contributed by atoms with Crippen molar-refractivity contribution in [2.24, 2.45) is 0 Å². The molecule has 0 aliphatic rings. The van der Waals surface area contributed by atoms with Crippen LogP contribution in [0.3, 0.4) is 0 Å². The van der Waals surface area contributed by atoms with Crippen molar-refractivity contribution in [3.8, 4) is 11.5 Å². The molecule has 0 saturated heterocycles. The lowest BCUT2D eigenvalue weighted by atomic mass is 10.2. The van der Waals surface area contributed by atoms with Gasteiger partial charge in [-0.05, 0) is 43.7 Å². The second-order valence-electron chi connectivity index (χ2n) is 7.11. The first kappa shape index (κ1) is 23.5. The Labute approximate surface area is 187 Å². The number of hydrogen-bond acceptors (Lipinski definition) is 6. The lowest BCUT2D eigenvalue weighted by Gasteiger charge is -2.16. The fourth-order valence-electron chi connectivity index (χ4n) is 3.08. The lowest BCUT2D eigenvalue weighted by molar-refractivity contribution is -0.118. The third-order valence-corrected chi connectivity index (χ3v) is 5.51. The van der Waals surface area contributed by atoms with Crippen LogP contribution in [0, 0.1) is 0 Å². The van der Waals surface area contributed by atoms with Crippen LogP contribution in [-0.4, -0.2) is 34.9 Å². The number of carbonyl (C=O) groups excluding carboxylic acids is 1. The molecule has 0 radical (unpaired) electrons. The quantitative estimate of drug-likeness (QED) is 0.382. The Morgan fingerprint density at radius 2 is 1.94 bits per heavy atom. The highest BCUT2D eigenvalue weighted by Gasteiger charge is 2.16. The molecule has 0 spiro atoms. The standard InChI is InChI=1S/C22H23F2N3O4S/c1-13(2)27-20(29)15-6-4-5-7-16(15)26-22(27)32-12-19(28)25-11-14-8-9-17(31-21(23)24)18(10-14)30-3/h4-10,13,21H,11-12H2,1-3H3,(H,25,28). The number of methoxy groups -OCH3 is 1. The molecule has 0 atom stereocenters. The highest BCUT2D eigenvalue weighted by atomic mass is 32.2. The van der Waals surface area contributed by atoms with E-state index < -0.39 is 6.61 Å². The summed E-state index contributed by atoms with van der Waals surface area (Å²) < 4.78 is 35.9. The number of hydrogen-bond donors (Lipinski definition) is 1. The average Bonchev–Trinajstić information content (AvgIpc) is 2.76. The third-order valence-electron chi connectivity index (χ3n) is 4.56. The molecule has 0 fully saturated rings. The van der Waals surface area contributed by atoms with Crippen LogP contribution in [0.1, 0.15) is 25.5 Å². The molecular formula is C22H23F2N3O4S. The van der Waals surface area contributed by atoms with Crippen LogP contribution < -0.4 is 20.3 Å². The molecular weight excluding hydrogens is 440 g/mol. The van der Waals surface area contributed by atoms with Crippen LogP contribution in [0.4, 0.5) is 8.78 Å². The van der Waals surface area contributed by atoms with Gasteiger partial charge in [-0.1, -0.05) is 30.0 Å². The maximum Gasteiger partial charge on any atom is 0.387 e. The van der Waals surface area contributed by atoms with Gasteiger partial charge in [-0.2, -0.15) is 8.78 Å². The fraction of sp³-hybridized carbons (Fsp3) is 0.318. The van der Waals surface area contributed by atoms with Gasteiger partial charge in [0.15, 0.2) is 16.7 Å². The molecule has 2 aromatic carbocycles. The van der Waals surface area contributed by atoms with E-state index in [9.17, 15) is 18.4 Å². The van der Waals surface area contributed by atoms with Crippen molar-refractivity contribution in [1.82, 2.24) is 14.9 Å². The second-order valence-corrected chi connectivity index (χ2v) is 8.05. The van der Waals surface area contributed by atoms with Crippen LogP contribution in [0.2, 0.25) is 0 Å². The van der Waals surface area contributed by atoms with Crippen molar-refractivity contribution in [3.63, 3.8) is 0 Å². The number of aromatic nitrogens is 2. The fourth-order valence-corrected chi connectivity index (χ4v) is 4.04. The van der Waals surface area contributed by atoms with E-state index in [1.165, 1.54) is 31.0 Å². The highest BCUT2D eigenvalue weighted by molar-refractivity contribution is 7.99. The zero-order valence-electron chi connectivity index (χ0n) is 17.8. The topological polar surface area (TPSA) is 82.5 Å². The molecule has 3 aromatic rings. The molecule has 1 amide bonds. The van der Waals surface area contributed by atoms with Crippen molar-refractivity contribution in [3.05, 3.63) is 58.4 Å². The number of alkyl halides is 2. The number of amides is 1. The summed E-state index contributed by atoms with van der Waals surface area (Å²) >= 11 is 1.18. The van der Waals surface area contributed by atoms with Gasteiger partial charge in [0.25, 0.3) is 5.56 Å². The summed E-state index contributed by atoms with van der Waals surface area (Å²) in [6.07, 6.45) is 0. The molecule has 170 valence electrons. The van der Waals surface area contributed by atoms with E-state index in [4.69, 9.17) is 4.74 Å². The van der Waals surface area contributed by atoms with E-state index in [2.05, 4.69) is 15.0 Å². The Morgan fingerprint density at radius 3 is 2.62 bits per heavy atom. The predicted octanol–water partition coefficient (Wildman–Crippen LogP) is 4.00. The second kappa shape index (κ2) is 10.4. The molecule has 0 aliphatic heterocycles. The molecule has 0 aliphatic carbocycles. The zero-order chi connectivity index (χ0) is 23.3. The molecule has 1 N–H and O–H groups in total. The first-order valence-electron chi connectivity index (χ1n) is 9.82. The van der Waals surface area contributed by atoms with Crippen LogP contribution in [0.25, 0.3) is 10.9 Å². The Morgan fingerprint density at radius 1 is 1.19 bits per heavy atom. The minimum absolute atomic E-state index is 0.0568. The van der Waals surface area contributed by atoms with Crippen molar-refractivity contribution < 1.29 is 23.0 Å². The van der Waals surface area contributed by atoms with Gasteiger partial charge in [-0.3, -0.25) is 14.2 Å². The van der Waals surface area contributed by atoms with Gasteiger partial charge in [0, 0.05) is 12.6 Å². The number of nitrogens with one attached hydrogen (secondary N) is 1. The normalized spacial score (nSPS) is 11.2. The van der Waals surface area contributed by atoms with Crippen LogP contribution in [-0.2, 0) is 11.3 Å². The summed E-state index contributed by atoms with van der Waals surface area (Å²) in [6, 6.07) is 11.4. The number of ether oxygens (including phenoxy) is 2. The Bertz CT molecular complexity index is 1170. The molecule has 0 bridgehead atoms. The summed E-state index contributed by atoms with van der Waals surface area (Å²) in [5.41, 5.74) is 1.09. The van der Waals surface area contributed by atoms with Gasteiger partial charge in [-0.25, -0.2) is 4.98 Å². The van der Waals surface area contributed by atoms with E-state index in [0.29, 0.717) is 21.6 Å². The summed E-state index contributed by atoms with van der Waals surface area (Å²) in [7, 11) is 1.34. The summed E-state index contributed by atoms with van der Waals surface area (Å²) in [5.74, 6) is -0.143. The van der Waals surface area contributed by atoms with Crippen LogP contribution in [0.5, 0.6) is 11.5 Å². The van der Waals surface area contributed by atoms with Gasteiger partial charge in [-0.15, -0.1) is 0 Å². The number of fused-ring (bicyclic) bond motifs is 1. The van der Waals surface area contributed by atoms with Crippen molar-refractivity contribution in [2.45, 2.75) is 38.2 Å². The van der Waals surface area contributed by atoms with E-state index in [-0.39, 0.29) is 41.3 Å². The number of benzene rings is 2. The van der Waals surface area contributed by atoms with E-state index in [0.717, 1.165) is 0 Å². The predicted molar refractivity (Wildman–Crippen MR) is 119 cm³/mol. The largest absolute Gasteiger partial charge is 0.493 e. The van der Waals surface area contributed by atoms with Gasteiger partial charge >= 0.3 is 6.61 Å². The van der Waals surface area contributed by atoms with E-state index >= 15 is 0 Å². The van der Waals surface area contributed by atoms with Gasteiger partial charge in [0.1, 0.15) is 0 Å². The highest BCUT2D eigenvalue weighted by Crippen LogP contribution is 2.29. The zero-order valence-corrected chi connectivity index (χ0v) is 18.6. The molecule has 1 heterocycles. The number of nitrogens with zero attached hydrogens (tertiary/aromatic N) is 2. The average molecular weight is 464 g/mol. The molecule has 7 nitrogen and oxygen atoms in total. The number of thioether (sulfide) groups is 1. The Kier molecular flexibility index (Phi) is 7.68. The Hall–Kier alpha value is -3.14. The van der Waals surface area contributed by atoms with Crippen LogP contribution >= 0.6 is 11.8 Å². The van der Waals surface area contributed by atoms with Gasteiger partial charge < -0.3 is 14.8 Å². The van der Waals surface area contributed by atoms with Gasteiger partial charge in [0.05, 0.1) is 23.8 Å². The molecule has 1 aromatic heterocycles. The lowest BCUT2D eigenvalue weighted by Crippen LogP contribution is -2.27. The molecule has 3 rings (SSSR count). The van der Waals surface area contributed by atoms with Crippen LogP contribution in [0.15, 0.2) is 52.4 Å². The van der Waals surface area contributed by atoms with Crippen molar-refractivity contribution in [2.75, 3.05) is 12.9 Å². The molecule has 32 heavy (non-hydrogen) atoms. The minimum atomic E-state index is -2.96. The number of rotatable bonds is 9. The number of halogens is 2. The number of para-hydroxylation sites is 1. The van der Waals surface area contributed by atoms with E-state index in [1.54, 1.807) is 28.8 Å². The number of carbonyl (C=O) groups is 1. The monoisotopic (exact) mass is 463 g/mol. The third kappa shape index (κ3) is 5.56. The van der Waals surface area contributed by atoms with Crippen molar-refractivity contribution in [1.29, 1.82) is 0 Å². The van der Waals surface area contributed by atoms with E-state index in [1.807, 2.05) is 19.9 Å². The summed E-state index contributed by atoms with van der Waals surface area (Å²) in [6.45, 7) is 0.985. The molecule has 10 heteroatoms. The first-order chi connectivity index (χ1) is 15.3. The minimum Gasteiger partial charge on any atom is -0.493 e. The summed E-state index contributed by atoms with van der Waals surface area (Å²) in [5, 5.41) is 3.76. The molecule has 0 unspecified atom stereocenters. The first-order valence-corrected chi connectivity index (χ1v) is 10.8. The SMILES string of the molecule is COc1cc(CNC(=O)CSc2nc3ccccc3c(=O)n2C(C)C)ccc1OC(F)F. The Balaban J connectivity index is 1.67.